The van der Waals surface area contributed by atoms with Gasteiger partial charge in [-0.1, -0.05) is 0 Å². The van der Waals surface area contributed by atoms with Gasteiger partial charge in [0, 0.05) is 31.6 Å². The van der Waals surface area contributed by atoms with Crippen LogP contribution in [0.2, 0.25) is 0 Å². The zero-order valence-corrected chi connectivity index (χ0v) is 15.2. The number of likely N-dealkylation sites (tertiary alicyclic amines) is 1. The van der Waals surface area contributed by atoms with Gasteiger partial charge >= 0.3 is 6.09 Å². The molecule has 0 aromatic carbocycles. The summed E-state index contributed by atoms with van der Waals surface area (Å²) in [5, 5.41) is 2.78. The number of hydrogen-bond acceptors (Lipinski definition) is 4. The van der Waals surface area contributed by atoms with E-state index in [4.69, 9.17) is 4.74 Å². The first-order chi connectivity index (χ1) is 11.2. The van der Waals surface area contributed by atoms with Crippen LogP contribution in [-0.4, -0.2) is 40.6 Å². The molecule has 1 aromatic heterocycles. The molecule has 0 bridgehead atoms. The van der Waals surface area contributed by atoms with Gasteiger partial charge in [-0.05, 0) is 52.7 Å². The molecule has 1 aliphatic rings. The maximum absolute atomic E-state index is 12.0. The van der Waals surface area contributed by atoms with Crippen LogP contribution in [-0.2, 0) is 9.53 Å². The zero-order valence-electron chi connectivity index (χ0n) is 15.2. The fraction of sp³-hybridized carbons (Fsp3) is 0.611. The van der Waals surface area contributed by atoms with Gasteiger partial charge in [0.15, 0.2) is 0 Å². The lowest BCUT2D eigenvalue weighted by atomic mass is 9.91. The van der Waals surface area contributed by atoms with Gasteiger partial charge in [0.1, 0.15) is 5.60 Å². The molecule has 1 atom stereocenters. The number of piperidine rings is 1. The number of carbonyl (C=O) groups excluding carboxylic acids is 2. The third-order valence-corrected chi connectivity index (χ3v) is 4.10. The molecule has 2 amide bonds. The van der Waals surface area contributed by atoms with E-state index in [-0.39, 0.29) is 11.8 Å². The van der Waals surface area contributed by atoms with E-state index >= 15 is 0 Å². The van der Waals surface area contributed by atoms with Crippen molar-refractivity contribution in [3.05, 3.63) is 23.5 Å². The van der Waals surface area contributed by atoms with Crippen LogP contribution in [0.4, 0.5) is 10.5 Å². The highest BCUT2D eigenvalue weighted by Gasteiger charge is 2.26. The summed E-state index contributed by atoms with van der Waals surface area (Å²) in [7, 11) is 0. The van der Waals surface area contributed by atoms with Crippen molar-refractivity contribution in [3.63, 3.8) is 0 Å². The molecule has 0 saturated carbocycles. The highest BCUT2D eigenvalue weighted by molar-refractivity contribution is 5.85. The number of rotatable bonds is 3. The summed E-state index contributed by atoms with van der Waals surface area (Å²) < 4.78 is 5.30. The minimum atomic E-state index is -0.547. The number of anilines is 1. The van der Waals surface area contributed by atoms with E-state index in [1.54, 1.807) is 0 Å². The number of aromatic nitrogens is 1. The second kappa shape index (κ2) is 7.20. The van der Waals surface area contributed by atoms with Gasteiger partial charge in [-0.15, -0.1) is 0 Å². The minimum Gasteiger partial charge on any atom is -0.444 e. The lowest BCUT2D eigenvalue weighted by molar-refractivity contribution is -0.133. The third-order valence-electron chi connectivity index (χ3n) is 4.10. The van der Waals surface area contributed by atoms with E-state index < -0.39 is 11.7 Å². The van der Waals surface area contributed by atoms with Crippen molar-refractivity contribution < 1.29 is 14.3 Å². The zero-order chi connectivity index (χ0) is 17.9. The van der Waals surface area contributed by atoms with Crippen LogP contribution in [0.25, 0.3) is 0 Å². The molecule has 0 aliphatic carbocycles. The largest absolute Gasteiger partial charge is 0.444 e. The lowest BCUT2D eigenvalue weighted by Gasteiger charge is -2.32. The molecule has 132 valence electrons. The van der Waals surface area contributed by atoms with E-state index in [0.29, 0.717) is 18.7 Å². The average Bonchev–Trinajstić information content (AvgIpc) is 2.48. The van der Waals surface area contributed by atoms with Crippen LogP contribution >= 0.6 is 0 Å². The molecule has 1 saturated heterocycles. The van der Waals surface area contributed by atoms with Crippen LogP contribution in [0.1, 0.15) is 57.7 Å². The maximum atomic E-state index is 12.0. The number of amides is 2. The van der Waals surface area contributed by atoms with Crippen molar-refractivity contribution in [2.45, 2.75) is 59.0 Å². The molecule has 1 unspecified atom stereocenters. The predicted octanol–water partition coefficient (Wildman–Crippen LogP) is 3.46. The van der Waals surface area contributed by atoms with Crippen molar-refractivity contribution in [1.29, 1.82) is 0 Å². The molecule has 1 N–H and O–H groups in total. The number of nitrogens with zero attached hydrogens (tertiary/aromatic N) is 2. The molecule has 2 rings (SSSR count). The topological polar surface area (TPSA) is 71.5 Å². The van der Waals surface area contributed by atoms with Gasteiger partial charge in [-0.2, -0.15) is 0 Å². The summed E-state index contributed by atoms with van der Waals surface area (Å²) in [4.78, 5) is 30.1. The number of carbonyl (C=O) groups is 2. The Balaban J connectivity index is 2.13. The first-order valence-electron chi connectivity index (χ1n) is 8.44. The van der Waals surface area contributed by atoms with E-state index in [1.165, 1.54) is 0 Å². The Morgan fingerprint density at radius 1 is 1.46 bits per heavy atom. The minimum absolute atomic E-state index is 0.209. The van der Waals surface area contributed by atoms with Crippen LogP contribution in [0.3, 0.4) is 0 Å². The number of likely N-dealkylation sites (N-methyl/N-ethyl adjacent to an activating group) is 1. The molecular weight excluding hydrogens is 306 g/mol. The number of ether oxygens (including phenoxy) is 1. The van der Waals surface area contributed by atoms with E-state index in [9.17, 15) is 9.59 Å². The van der Waals surface area contributed by atoms with Gasteiger partial charge in [0.25, 0.3) is 0 Å². The SMILES string of the molecule is CCN1CC(c2cnc(C)c(NC(=O)OC(C)(C)C)c2)CCC1=O. The molecule has 0 spiro atoms. The Morgan fingerprint density at radius 3 is 2.79 bits per heavy atom. The monoisotopic (exact) mass is 333 g/mol. The lowest BCUT2D eigenvalue weighted by Crippen LogP contribution is -2.38. The molecule has 0 radical (unpaired) electrons. The molecule has 6 heteroatoms. The second-order valence-corrected chi connectivity index (χ2v) is 7.20. The van der Waals surface area contributed by atoms with Crippen LogP contribution in [0, 0.1) is 6.92 Å². The molecular formula is C18H27N3O3. The second-order valence-electron chi connectivity index (χ2n) is 7.20. The van der Waals surface area contributed by atoms with Gasteiger partial charge in [0.05, 0.1) is 11.4 Å². The van der Waals surface area contributed by atoms with E-state index in [1.807, 2.05) is 51.8 Å². The summed E-state index contributed by atoms with van der Waals surface area (Å²) >= 11 is 0. The first-order valence-corrected chi connectivity index (χ1v) is 8.44. The van der Waals surface area contributed by atoms with Crippen molar-refractivity contribution in [3.8, 4) is 0 Å². The Hall–Kier alpha value is -2.11. The summed E-state index contributed by atoms with van der Waals surface area (Å²) in [5.41, 5.74) is 1.89. The Labute approximate surface area is 143 Å². The summed E-state index contributed by atoms with van der Waals surface area (Å²) in [6.45, 7) is 10.7. The highest BCUT2D eigenvalue weighted by atomic mass is 16.6. The highest BCUT2D eigenvalue weighted by Crippen LogP contribution is 2.29. The molecule has 1 aliphatic heterocycles. The van der Waals surface area contributed by atoms with Crippen LogP contribution in [0.15, 0.2) is 12.3 Å². The number of nitrogens with one attached hydrogen (secondary N) is 1. The first kappa shape index (κ1) is 18.2. The maximum Gasteiger partial charge on any atom is 0.412 e. The van der Waals surface area contributed by atoms with Gasteiger partial charge in [0.2, 0.25) is 5.91 Å². The number of hydrogen-bond donors (Lipinski definition) is 1. The fourth-order valence-electron chi connectivity index (χ4n) is 2.81. The number of aryl methyl sites for hydroxylation is 1. The Morgan fingerprint density at radius 2 is 2.17 bits per heavy atom. The van der Waals surface area contributed by atoms with Crippen molar-refractivity contribution in [2.24, 2.45) is 0 Å². The smallest absolute Gasteiger partial charge is 0.412 e. The van der Waals surface area contributed by atoms with Gasteiger partial charge < -0.3 is 9.64 Å². The fourth-order valence-corrected chi connectivity index (χ4v) is 2.81. The number of pyridine rings is 1. The molecule has 1 fully saturated rings. The normalized spacial score (nSPS) is 18.5. The van der Waals surface area contributed by atoms with Crippen molar-refractivity contribution >= 4 is 17.7 Å². The van der Waals surface area contributed by atoms with E-state index in [0.717, 1.165) is 24.2 Å². The molecule has 6 nitrogen and oxygen atoms in total. The third kappa shape index (κ3) is 4.69. The molecule has 1 aromatic rings. The van der Waals surface area contributed by atoms with Crippen LogP contribution in [0.5, 0.6) is 0 Å². The average molecular weight is 333 g/mol. The van der Waals surface area contributed by atoms with Crippen molar-refractivity contribution in [1.82, 2.24) is 9.88 Å². The Bertz CT molecular complexity index is 622. The standard InChI is InChI=1S/C18H27N3O3/c1-6-21-11-13(7-8-16(21)22)14-9-15(12(2)19-10-14)20-17(23)24-18(3,4)5/h9-10,13H,6-8,11H2,1-5H3,(H,20,23). The van der Waals surface area contributed by atoms with Crippen LogP contribution < -0.4 is 5.32 Å². The predicted molar refractivity (Wildman–Crippen MR) is 93.1 cm³/mol. The summed E-state index contributed by atoms with van der Waals surface area (Å²) in [6.07, 6.45) is 2.72. The summed E-state index contributed by atoms with van der Waals surface area (Å²) in [5.74, 6) is 0.455. The Kier molecular flexibility index (Phi) is 5.47. The quantitative estimate of drug-likeness (QED) is 0.919. The summed E-state index contributed by atoms with van der Waals surface area (Å²) in [6, 6.07) is 1.94. The molecule has 24 heavy (non-hydrogen) atoms. The molecule has 2 heterocycles. The van der Waals surface area contributed by atoms with Crippen molar-refractivity contribution in [2.75, 3.05) is 18.4 Å². The van der Waals surface area contributed by atoms with Gasteiger partial charge in [-0.25, -0.2) is 4.79 Å². The van der Waals surface area contributed by atoms with Gasteiger partial charge in [-0.3, -0.25) is 15.1 Å². The van der Waals surface area contributed by atoms with E-state index in [2.05, 4.69) is 10.3 Å².